The zero-order chi connectivity index (χ0) is 47.4. The summed E-state index contributed by atoms with van der Waals surface area (Å²) in [7, 11) is -15.6. The average molecular weight is 975 g/mol. The molecule has 9 aromatic rings. The van der Waals surface area contributed by atoms with Crippen LogP contribution in [-0.4, -0.2) is 25.3 Å². The Bertz CT molecular complexity index is 3190. The highest BCUT2D eigenvalue weighted by Gasteiger charge is 2.33. The number of phosphoric acid groups is 1. The topological polar surface area (TPSA) is 147 Å². The van der Waals surface area contributed by atoms with Crippen molar-refractivity contribution in [1.29, 1.82) is 0 Å². The lowest BCUT2D eigenvalue weighted by molar-refractivity contribution is 0.298. The molecule has 14 heteroatoms. The fraction of sp³-hybridized carbons (Fsp3) is 0. The fourth-order valence-corrected chi connectivity index (χ4v) is 12.4. The highest BCUT2D eigenvalue weighted by atomic mass is 32.2. The second-order valence-corrected chi connectivity index (χ2v) is 22.6. The summed E-state index contributed by atoms with van der Waals surface area (Å²) in [5, 5.41) is 0. The van der Waals surface area contributed by atoms with Crippen LogP contribution in [0.3, 0.4) is 0 Å². The van der Waals surface area contributed by atoms with Gasteiger partial charge in [0.15, 0.2) is 0 Å². The first-order valence-electron chi connectivity index (χ1n) is 21.0. The summed E-state index contributed by atoms with van der Waals surface area (Å²) >= 11 is 0. The van der Waals surface area contributed by atoms with Crippen LogP contribution in [0, 0.1) is 0 Å². The molecule has 10 nitrogen and oxygen atoms in total. The van der Waals surface area contributed by atoms with Crippen molar-refractivity contribution in [2.45, 2.75) is 29.4 Å². The first-order valence-corrected chi connectivity index (χ1v) is 26.9. The number of benzene rings is 9. The van der Waals surface area contributed by atoms with Crippen LogP contribution in [0.5, 0.6) is 17.2 Å². The molecule has 0 saturated heterocycles. The second-order valence-electron chi connectivity index (χ2n) is 15.3. The molecule has 0 aromatic heterocycles. The van der Waals surface area contributed by atoms with E-state index in [2.05, 4.69) is 0 Å². The zero-order valence-electron chi connectivity index (χ0n) is 35.8. The zero-order valence-corrected chi connectivity index (χ0v) is 39.1. The van der Waals surface area contributed by atoms with Crippen LogP contribution in [-0.2, 0) is 34.1 Å². The van der Waals surface area contributed by atoms with Gasteiger partial charge in [0.2, 0.25) is 29.5 Å². The van der Waals surface area contributed by atoms with E-state index in [0.717, 1.165) is 33.4 Å². The maximum Gasteiger partial charge on any atom is 0.647 e. The van der Waals surface area contributed by atoms with Crippen molar-refractivity contribution in [3.05, 3.63) is 237 Å². The van der Waals surface area contributed by atoms with E-state index in [1.54, 1.807) is 237 Å². The molecule has 68 heavy (non-hydrogen) atoms. The highest BCUT2D eigenvalue weighted by molar-refractivity contribution is 7.92. The van der Waals surface area contributed by atoms with Crippen molar-refractivity contribution in [2.75, 3.05) is 0 Å². The SMILES string of the molecule is O=P(Oc1ccc(-c2ccc(S(=O)(=O)c3ccccc3)cc2)cc1)(Oc1ccc(-c2ccc(S(=O)(=O)c3ccccc3)cc2)cc1)Oc1ccc(-c2ccc(S(=O)(=O)c3ccccc3)cc2)cc1. The fourth-order valence-electron chi connectivity index (χ4n) is 7.25. The van der Waals surface area contributed by atoms with Gasteiger partial charge >= 0.3 is 7.82 Å². The Balaban J connectivity index is 0.949. The van der Waals surface area contributed by atoms with Gasteiger partial charge in [-0.05, 0) is 143 Å². The van der Waals surface area contributed by atoms with E-state index in [1.165, 1.54) is 0 Å². The van der Waals surface area contributed by atoms with Crippen LogP contribution < -0.4 is 13.6 Å². The number of phosphoric ester groups is 1. The molecule has 0 atom stereocenters. The number of rotatable bonds is 15. The summed E-state index contributed by atoms with van der Waals surface area (Å²) in [5.41, 5.74) is 4.42. The summed E-state index contributed by atoms with van der Waals surface area (Å²) in [6.07, 6.45) is 0. The van der Waals surface area contributed by atoms with Gasteiger partial charge in [0.05, 0.1) is 29.4 Å². The monoisotopic (exact) mass is 974 g/mol. The van der Waals surface area contributed by atoms with Crippen LogP contribution in [0.4, 0.5) is 0 Å². The minimum atomic E-state index is -4.51. The lowest BCUT2D eigenvalue weighted by atomic mass is 10.1. The van der Waals surface area contributed by atoms with Gasteiger partial charge in [-0.2, -0.15) is 4.57 Å². The van der Waals surface area contributed by atoms with E-state index in [4.69, 9.17) is 13.6 Å². The highest BCUT2D eigenvalue weighted by Crippen LogP contribution is 2.50. The van der Waals surface area contributed by atoms with Crippen molar-refractivity contribution >= 4 is 37.3 Å². The number of sulfone groups is 3. The van der Waals surface area contributed by atoms with E-state index in [-0.39, 0.29) is 46.6 Å². The van der Waals surface area contributed by atoms with Gasteiger partial charge in [-0.25, -0.2) is 25.3 Å². The largest absolute Gasteiger partial charge is 0.647 e. The molecule has 0 aliphatic rings. The third-order valence-corrected chi connectivity index (χ3v) is 17.5. The Morgan fingerprint density at radius 3 is 0.618 bits per heavy atom. The molecule has 0 bridgehead atoms. The lowest BCUT2D eigenvalue weighted by Crippen LogP contribution is -2.07. The third kappa shape index (κ3) is 9.92. The molecule has 0 aliphatic heterocycles. The van der Waals surface area contributed by atoms with Crippen LogP contribution in [0.2, 0.25) is 0 Å². The maximum absolute atomic E-state index is 14.7. The van der Waals surface area contributed by atoms with E-state index in [1.807, 2.05) is 0 Å². The minimum Gasteiger partial charge on any atom is -0.386 e. The predicted molar refractivity (Wildman–Crippen MR) is 261 cm³/mol. The Hall–Kier alpha value is -7.54. The molecule has 0 N–H and O–H groups in total. The standard InChI is InChI=1S/C54H39O10PS3/c55-65(62-46-28-16-40(17-29-46)43-22-34-52(35-23-43)66(56,57)49-10-4-1-5-11-49,63-47-30-18-41(19-31-47)44-24-36-53(37-25-44)67(58,59)50-12-6-2-7-13-50)64-48-32-20-42(21-33-48)45-26-38-54(39-27-45)68(60,61)51-14-8-3-9-15-51/h1-39H. The van der Waals surface area contributed by atoms with E-state index in [9.17, 15) is 29.8 Å². The molecular formula is C54H39O10PS3. The van der Waals surface area contributed by atoms with Crippen molar-refractivity contribution in [3.63, 3.8) is 0 Å². The molecular weight excluding hydrogens is 936 g/mol. The lowest BCUT2D eigenvalue weighted by Gasteiger charge is -2.20. The number of hydrogen-bond acceptors (Lipinski definition) is 10. The van der Waals surface area contributed by atoms with E-state index >= 15 is 0 Å². The van der Waals surface area contributed by atoms with Gasteiger partial charge in [0.25, 0.3) is 0 Å². The van der Waals surface area contributed by atoms with Gasteiger partial charge in [-0.15, -0.1) is 0 Å². The van der Waals surface area contributed by atoms with Crippen molar-refractivity contribution in [3.8, 4) is 50.6 Å². The maximum atomic E-state index is 14.7. The van der Waals surface area contributed by atoms with E-state index < -0.39 is 37.3 Å². The Kier molecular flexibility index (Phi) is 12.7. The normalized spacial score (nSPS) is 11.9. The average Bonchev–Trinajstić information content (AvgIpc) is 3.38. The molecule has 9 rings (SSSR count). The van der Waals surface area contributed by atoms with E-state index in [0.29, 0.717) is 0 Å². The van der Waals surface area contributed by atoms with Gasteiger partial charge in [-0.3, -0.25) is 0 Å². The molecule has 0 radical (unpaired) electrons. The summed E-state index contributed by atoms with van der Waals surface area (Å²) < 4.78 is 112. The molecule has 0 heterocycles. The Morgan fingerprint density at radius 2 is 0.412 bits per heavy atom. The van der Waals surface area contributed by atoms with Crippen LogP contribution in [0.25, 0.3) is 33.4 Å². The van der Waals surface area contributed by atoms with Crippen LogP contribution in [0.15, 0.2) is 266 Å². The molecule has 0 aliphatic carbocycles. The molecule has 0 fully saturated rings. The smallest absolute Gasteiger partial charge is 0.386 e. The Morgan fingerprint density at radius 1 is 0.235 bits per heavy atom. The van der Waals surface area contributed by atoms with Crippen molar-refractivity contribution in [2.24, 2.45) is 0 Å². The van der Waals surface area contributed by atoms with Gasteiger partial charge in [0, 0.05) is 0 Å². The molecule has 0 unspecified atom stereocenters. The van der Waals surface area contributed by atoms with Gasteiger partial charge in [0.1, 0.15) is 17.2 Å². The molecule has 338 valence electrons. The van der Waals surface area contributed by atoms with Crippen LogP contribution in [0.1, 0.15) is 0 Å². The summed E-state index contributed by atoms with van der Waals surface area (Å²) in [5.74, 6) is 0.471. The Labute approximate surface area is 395 Å². The first kappa shape index (κ1) is 45.6. The van der Waals surface area contributed by atoms with Gasteiger partial charge in [-0.1, -0.05) is 127 Å². The van der Waals surface area contributed by atoms with Crippen LogP contribution >= 0.6 is 7.82 Å². The van der Waals surface area contributed by atoms with Crippen molar-refractivity contribution < 1.29 is 43.4 Å². The number of hydrogen-bond donors (Lipinski definition) is 0. The summed E-state index contributed by atoms with van der Waals surface area (Å²) in [4.78, 5) is 1.06. The first-order chi connectivity index (χ1) is 32.8. The van der Waals surface area contributed by atoms with Crippen molar-refractivity contribution in [1.82, 2.24) is 0 Å². The molecule has 0 amide bonds. The van der Waals surface area contributed by atoms with Gasteiger partial charge < -0.3 is 13.6 Å². The minimum absolute atomic E-state index is 0.156. The summed E-state index contributed by atoms with van der Waals surface area (Å²) in [6.45, 7) is 0. The quantitative estimate of drug-likeness (QED) is 0.0909. The predicted octanol–water partition coefficient (Wildman–Crippen LogP) is 12.8. The summed E-state index contributed by atoms with van der Waals surface area (Å²) in [6, 6.07) is 64.1. The second kappa shape index (κ2) is 19.0. The molecule has 0 spiro atoms. The molecule has 0 saturated carbocycles. The molecule has 9 aromatic carbocycles. The third-order valence-electron chi connectivity index (χ3n) is 10.9.